The first-order chi connectivity index (χ1) is 11.9. The Morgan fingerprint density at radius 3 is 1.88 bits per heavy atom. The summed E-state index contributed by atoms with van der Waals surface area (Å²) in [5.41, 5.74) is -1.34. The molecule has 1 aromatic carbocycles. The lowest BCUT2D eigenvalue weighted by Crippen LogP contribution is -2.55. The summed E-state index contributed by atoms with van der Waals surface area (Å²) in [7, 11) is 0. The molecule has 0 amide bonds. The van der Waals surface area contributed by atoms with Crippen LogP contribution in [-0.2, 0) is 24.7 Å². The molecule has 146 valence electrons. The average molecular weight is 364 g/mol. The molecule has 0 aromatic heterocycles. The first-order valence-corrected chi connectivity index (χ1v) is 9.06. The van der Waals surface area contributed by atoms with Crippen LogP contribution in [0.25, 0.3) is 0 Å². The summed E-state index contributed by atoms with van der Waals surface area (Å²) < 4.78 is 11.2. The predicted octanol–water partition coefficient (Wildman–Crippen LogP) is 3.69. The van der Waals surface area contributed by atoms with Crippen LogP contribution in [0.15, 0.2) is 30.3 Å². The summed E-state index contributed by atoms with van der Waals surface area (Å²) in [6, 6.07) is 9.13. The number of carbonyl (C=O) groups is 2. The largest absolute Gasteiger partial charge is 0.463 e. The number of ether oxygens (including phenoxy) is 2. The molecular weight excluding hydrogens is 332 g/mol. The van der Waals surface area contributed by atoms with Crippen molar-refractivity contribution in [3.63, 3.8) is 0 Å². The van der Waals surface area contributed by atoms with E-state index < -0.39 is 29.1 Å². The maximum Gasteiger partial charge on any atom is 0.309 e. The third kappa shape index (κ3) is 4.85. The van der Waals surface area contributed by atoms with Crippen molar-refractivity contribution in [2.75, 3.05) is 6.61 Å². The van der Waals surface area contributed by atoms with Crippen molar-refractivity contribution in [2.45, 2.75) is 60.2 Å². The van der Waals surface area contributed by atoms with Gasteiger partial charge in [0, 0.05) is 5.41 Å². The van der Waals surface area contributed by atoms with Crippen LogP contribution in [0.5, 0.6) is 0 Å². The van der Waals surface area contributed by atoms with Gasteiger partial charge in [0.2, 0.25) is 0 Å². The van der Waals surface area contributed by atoms with Crippen molar-refractivity contribution in [3.8, 4) is 0 Å². The van der Waals surface area contributed by atoms with Gasteiger partial charge in [-0.15, -0.1) is 0 Å². The lowest BCUT2D eigenvalue weighted by molar-refractivity contribution is -0.213. The summed E-state index contributed by atoms with van der Waals surface area (Å²) >= 11 is 0. The number of esters is 2. The standard InChI is InChI=1S/C21H32O5/c1-14(2)18(23)25-13-17(22)21(20(5,6)7,26-19(24)15(3)4)16-11-9-8-10-12-16/h8-12,14-15,17,22H,13H2,1-7H3. The highest BCUT2D eigenvalue weighted by molar-refractivity contribution is 5.73. The molecule has 0 spiro atoms. The van der Waals surface area contributed by atoms with Crippen molar-refractivity contribution < 1.29 is 24.2 Å². The number of carbonyl (C=O) groups excluding carboxylic acids is 2. The molecule has 0 saturated carbocycles. The van der Waals surface area contributed by atoms with Gasteiger partial charge in [-0.1, -0.05) is 78.8 Å². The van der Waals surface area contributed by atoms with Crippen molar-refractivity contribution in [2.24, 2.45) is 17.3 Å². The molecule has 2 unspecified atom stereocenters. The highest BCUT2D eigenvalue weighted by atomic mass is 16.6. The minimum Gasteiger partial charge on any atom is -0.463 e. The molecule has 5 nitrogen and oxygen atoms in total. The summed E-state index contributed by atoms with van der Waals surface area (Å²) in [4.78, 5) is 24.3. The van der Waals surface area contributed by atoms with Crippen LogP contribution >= 0.6 is 0 Å². The zero-order valence-electron chi connectivity index (χ0n) is 16.9. The zero-order chi connectivity index (χ0) is 20.1. The monoisotopic (exact) mass is 364 g/mol. The Morgan fingerprint density at radius 1 is 0.962 bits per heavy atom. The van der Waals surface area contributed by atoms with Gasteiger partial charge in [0.1, 0.15) is 12.7 Å². The van der Waals surface area contributed by atoms with Crippen LogP contribution in [0.2, 0.25) is 0 Å². The molecule has 0 aliphatic carbocycles. The van der Waals surface area contributed by atoms with Gasteiger partial charge >= 0.3 is 11.9 Å². The topological polar surface area (TPSA) is 72.8 Å². The summed E-state index contributed by atoms with van der Waals surface area (Å²) in [5, 5.41) is 11.1. The third-order valence-electron chi connectivity index (χ3n) is 4.37. The van der Waals surface area contributed by atoms with E-state index >= 15 is 0 Å². The minimum absolute atomic E-state index is 0.255. The van der Waals surface area contributed by atoms with Crippen molar-refractivity contribution in [3.05, 3.63) is 35.9 Å². The van der Waals surface area contributed by atoms with Crippen LogP contribution in [0.3, 0.4) is 0 Å². The Labute approximate surface area is 156 Å². The quantitative estimate of drug-likeness (QED) is 0.747. The van der Waals surface area contributed by atoms with E-state index in [2.05, 4.69) is 0 Å². The van der Waals surface area contributed by atoms with Crippen molar-refractivity contribution in [1.82, 2.24) is 0 Å². The normalized spacial score (nSPS) is 15.5. The fraction of sp³-hybridized carbons (Fsp3) is 0.619. The summed E-state index contributed by atoms with van der Waals surface area (Å²) in [5.74, 6) is -1.49. The Kier molecular flexibility index (Phi) is 7.39. The Hall–Kier alpha value is -1.88. The number of benzene rings is 1. The van der Waals surface area contributed by atoms with Gasteiger partial charge < -0.3 is 14.6 Å². The molecule has 0 bridgehead atoms. The highest BCUT2D eigenvalue weighted by Gasteiger charge is 2.53. The van der Waals surface area contributed by atoms with E-state index in [4.69, 9.17) is 9.47 Å². The van der Waals surface area contributed by atoms with Crippen LogP contribution in [0, 0.1) is 17.3 Å². The molecular formula is C21H32O5. The minimum atomic E-state index is -1.35. The fourth-order valence-corrected chi connectivity index (χ4v) is 2.81. The number of hydrogen-bond acceptors (Lipinski definition) is 5. The van der Waals surface area contributed by atoms with E-state index in [-0.39, 0.29) is 18.4 Å². The van der Waals surface area contributed by atoms with E-state index in [0.29, 0.717) is 5.56 Å². The number of aliphatic hydroxyl groups excluding tert-OH is 1. The first-order valence-electron chi connectivity index (χ1n) is 9.06. The van der Waals surface area contributed by atoms with Gasteiger partial charge in [0.25, 0.3) is 0 Å². The van der Waals surface area contributed by atoms with Crippen LogP contribution in [0.4, 0.5) is 0 Å². The maximum atomic E-state index is 12.5. The third-order valence-corrected chi connectivity index (χ3v) is 4.37. The number of hydrogen-bond donors (Lipinski definition) is 1. The molecule has 0 aliphatic rings. The Bertz CT molecular complexity index is 601. The second kappa shape index (κ2) is 8.67. The molecule has 1 N–H and O–H groups in total. The van der Waals surface area contributed by atoms with E-state index in [9.17, 15) is 14.7 Å². The van der Waals surface area contributed by atoms with Gasteiger partial charge in [0.05, 0.1) is 11.8 Å². The van der Waals surface area contributed by atoms with E-state index in [1.54, 1.807) is 27.7 Å². The van der Waals surface area contributed by atoms with Gasteiger partial charge in [-0.3, -0.25) is 9.59 Å². The molecule has 1 aromatic rings. The van der Waals surface area contributed by atoms with Crippen LogP contribution < -0.4 is 0 Å². The predicted molar refractivity (Wildman–Crippen MR) is 100 cm³/mol. The summed E-state index contributed by atoms with van der Waals surface area (Å²) in [6.45, 7) is 12.3. The molecule has 0 heterocycles. The molecule has 26 heavy (non-hydrogen) atoms. The SMILES string of the molecule is CC(C)C(=O)OCC(O)C(OC(=O)C(C)C)(c1ccccc1)C(C)(C)C. The van der Waals surface area contributed by atoms with E-state index in [1.807, 2.05) is 51.1 Å². The molecule has 2 atom stereocenters. The zero-order valence-corrected chi connectivity index (χ0v) is 16.9. The van der Waals surface area contributed by atoms with Gasteiger partial charge in [0.15, 0.2) is 5.60 Å². The Morgan fingerprint density at radius 2 is 1.46 bits per heavy atom. The average Bonchev–Trinajstić information content (AvgIpc) is 2.56. The van der Waals surface area contributed by atoms with E-state index in [1.165, 1.54) is 0 Å². The number of rotatable bonds is 7. The van der Waals surface area contributed by atoms with Crippen molar-refractivity contribution >= 4 is 11.9 Å². The van der Waals surface area contributed by atoms with Crippen molar-refractivity contribution in [1.29, 1.82) is 0 Å². The van der Waals surface area contributed by atoms with Crippen LogP contribution in [-0.4, -0.2) is 29.8 Å². The van der Waals surface area contributed by atoms with Gasteiger partial charge in [-0.25, -0.2) is 0 Å². The molecule has 0 aliphatic heterocycles. The first kappa shape index (κ1) is 22.2. The lowest BCUT2D eigenvalue weighted by atomic mass is 9.68. The molecule has 5 heteroatoms. The van der Waals surface area contributed by atoms with Crippen LogP contribution in [0.1, 0.15) is 54.0 Å². The molecule has 0 radical (unpaired) electrons. The Balaban J connectivity index is 3.38. The lowest BCUT2D eigenvalue weighted by Gasteiger charge is -2.47. The van der Waals surface area contributed by atoms with Gasteiger partial charge in [-0.05, 0) is 5.56 Å². The molecule has 1 rings (SSSR count). The highest BCUT2D eigenvalue weighted by Crippen LogP contribution is 2.46. The maximum absolute atomic E-state index is 12.5. The van der Waals surface area contributed by atoms with Gasteiger partial charge in [-0.2, -0.15) is 0 Å². The summed E-state index contributed by atoms with van der Waals surface area (Å²) in [6.07, 6.45) is -1.21. The van der Waals surface area contributed by atoms with E-state index in [0.717, 1.165) is 0 Å². The fourth-order valence-electron chi connectivity index (χ4n) is 2.81. The second-order valence-electron chi connectivity index (χ2n) is 8.23. The number of aliphatic hydroxyl groups is 1. The molecule has 0 fully saturated rings. The molecule has 0 saturated heterocycles. The second-order valence-corrected chi connectivity index (χ2v) is 8.23. The smallest absolute Gasteiger partial charge is 0.309 e.